The molecule has 0 spiro atoms. The summed E-state index contributed by atoms with van der Waals surface area (Å²) in [5, 5.41) is 9.45. The molecule has 1 aliphatic heterocycles. The number of piperidine rings is 1. The van der Waals surface area contributed by atoms with Gasteiger partial charge in [0.05, 0.1) is 6.10 Å². The number of nitrogens with zero attached hydrogens (tertiary/aromatic N) is 2. The first-order chi connectivity index (χ1) is 6.59. The van der Waals surface area contributed by atoms with Crippen LogP contribution in [0.2, 0.25) is 0 Å². The predicted molar refractivity (Wildman–Crippen MR) is 59.4 cm³/mol. The highest BCUT2D eigenvalue weighted by Crippen LogP contribution is 2.19. The van der Waals surface area contributed by atoms with Gasteiger partial charge in [0.2, 0.25) is 0 Å². The third-order valence-corrected chi connectivity index (χ3v) is 3.18. The molecule has 3 heteroatoms. The van der Waals surface area contributed by atoms with Crippen LogP contribution in [0.1, 0.15) is 19.8 Å². The molecule has 1 rings (SSSR count). The van der Waals surface area contributed by atoms with E-state index in [1.807, 2.05) is 6.92 Å². The van der Waals surface area contributed by atoms with Crippen LogP contribution in [-0.2, 0) is 0 Å². The Morgan fingerprint density at radius 2 is 1.93 bits per heavy atom. The third-order valence-electron chi connectivity index (χ3n) is 3.18. The van der Waals surface area contributed by atoms with Crippen molar-refractivity contribution in [2.45, 2.75) is 25.9 Å². The third kappa shape index (κ3) is 3.95. The van der Waals surface area contributed by atoms with Gasteiger partial charge in [-0.1, -0.05) is 0 Å². The molecule has 0 aliphatic carbocycles. The van der Waals surface area contributed by atoms with Crippen molar-refractivity contribution in [3.8, 4) is 0 Å². The fourth-order valence-electron chi connectivity index (χ4n) is 2.00. The summed E-state index contributed by atoms with van der Waals surface area (Å²) in [5.41, 5.74) is 0. The molecule has 84 valence electrons. The lowest BCUT2D eigenvalue weighted by Gasteiger charge is -2.33. The number of aliphatic hydroxyl groups excluding tert-OH is 1. The normalized spacial score (nSPS) is 22.9. The average Bonchev–Trinajstić information content (AvgIpc) is 2.15. The molecule has 0 amide bonds. The van der Waals surface area contributed by atoms with Crippen molar-refractivity contribution in [3.63, 3.8) is 0 Å². The molecule has 1 aliphatic rings. The van der Waals surface area contributed by atoms with Crippen molar-refractivity contribution in [2.75, 3.05) is 40.3 Å². The van der Waals surface area contributed by atoms with Crippen LogP contribution in [0.4, 0.5) is 0 Å². The number of aliphatic hydroxyl groups is 1. The maximum atomic E-state index is 9.45. The minimum absolute atomic E-state index is 0.119. The molecular formula is C11H24N2O. The van der Waals surface area contributed by atoms with E-state index in [2.05, 4.69) is 23.9 Å². The Labute approximate surface area is 87.7 Å². The van der Waals surface area contributed by atoms with E-state index >= 15 is 0 Å². The van der Waals surface area contributed by atoms with Gasteiger partial charge < -0.3 is 14.9 Å². The summed E-state index contributed by atoms with van der Waals surface area (Å²) in [5.74, 6) is 0.533. The lowest BCUT2D eigenvalue weighted by molar-refractivity contribution is 0.0698. The molecule has 1 heterocycles. The van der Waals surface area contributed by atoms with Crippen molar-refractivity contribution in [1.29, 1.82) is 0 Å². The second-order valence-corrected chi connectivity index (χ2v) is 4.72. The van der Waals surface area contributed by atoms with Crippen LogP contribution in [0.25, 0.3) is 0 Å². The van der Waals surface area contributed by atoms with Crippen molar-refractivity contribution >= 4 is 0 Å². The van der Waals surface area contributed by atoms with Crippen molar-refractivity contribution in [2.24, 2.45) is 5.92 Å². The van der Waals surface area contributed by atoms with E-state index in [-0.39, 0.29) is 6.10 Å². The minimum Gasteiger partial charge on any atom is -0.393 e. The van der Waals surface area contributed by atoms with Crippen LogP contribution < -0.4 is 0 Å². The molecule has 14 heavy (non-hydrogen) atoms. The van der Waals surface area contributed by atoms with Gasteiger partial charge >= 0.3 is 0 Å². The van der Waals surface area contributed by atoms with Gasteiger partial charge in [0.1, 0.15) is 0 Å². The number of likely N-dealkylation sites (tertiary alicyclic amines) is 1. The highest BCUT2D eigenvalue weighted by molar-refractivity contribution is 4.75. The van der Waals surface area contributed by atoms with Crippen molar-refractivity contribution in [3.05, 3.63) is 0 Å². The van der Waals surface area contributed by atoms with Crippen molar-refractivity contribution < 1.29 is 5.11 Å². The van der Waals surface area contributed by atoms with Gasteiger partial charge in [-0.05, 0) is 52.9 Å². The SMILES string of the molecule is CC(O)C1CCN(CCN(C)C)CC1. The number of hydrogen-bond acceptors (Lipinski definition) is 3. The summed E-state index contributed by atoms with van der Waals surface area (Å²) in [6.07, 6.45) is 2.20. The Morgan fingerprint density at radius 1 is 1.36 bits per heavy atom. The van der Waals surface area contributed by atoms with Crippen LogP contribution >= 0.6 is 0 Å². The Bertz CT molecular complexity index is 151. The van der Waals surface area contributed by atoms with E-state index in [0.29, 0.717) is 5.92 Å². The quantitative estimate of drug-likeness (QED) is 0.721. The van der Waals surface area contributed by atoms with Crippen LogP contribution in [0.5, 0.6) is 0 Å². The highest BCUT2D eigenvalue weighted by atomic mass is 16.3. The lowest BCUT2D eigenvalue weighted by Crippen LogP contribution is -2.40. The Balaban J connectivity index is 2.16. The number of likely N-dealkylation sites (N-methyl/N-ethyl adjacent to an activating group) is 1. The summed E-state index contributed by atoms with van der Waals surface area (Å²) in [6.45, 7) is 6.53. The molecule has 1 atom stereocenters. The maximum absolute atomic E-state index is 9.45. The first kappa shape index (κ1) is 12.0. The van der Waals surface area contributed by atoms with Crippen LogP contribution in [-0.4, -0.2) is 61.3 Å². The van der Waals surface area contributed by atoms with Crippen LogP contribution in [0, 0.1) is 5.92 Å². The second kappa shape index (κ2) is 5.69. The standard InChI is InChI=1S/C11H24N2O/c1-10(14)11-4-6-13(7-5-11)9-8-12(2)3/h10-11,14H,4-9H2,1-3H3. The summed E-state index contributed by atoms with van der Waals surface area (Å²) < 4.78 is 0. The van der Waals surface area contributed by atoms with Gasteiger partial charge in [0, 0.05) is 13.1 Å². The van der Waals surface area contributed by atoms with Gasteiger partial charge in [-0.15, -0.1) is 0 Å². The molecule has 0 radical (unpaired) electrons. The van der Waals surface area contributed by atoms with E-state index in [0.717, 1.165) is 32.5 Å². The lowest BCUT2D eigenvalue weighted by atomic mass is 9.92. The number of hydrogen-bond donors (Lipinski definition) is 1. The van der Waals surface area contributed by atoms with Gasteiger partial charge in [-0.2, -0.15) is 0 Å². The average molecular weight is 200 g/mol. The predicted octanol–water partition coefficient (Wildman–Crippen LogP) is 0.641. The van der Waals surface area contributed by atoms with Gasteiger partial charge in [0.15, 0.2) is 0 Å². The first-order valence-corrected chi connectivity index (χ1v) is 5.64. The monoisotopic (exact) mass is 200 g/mol. The summed E-state index contributed by atoms with van der Waals surface area (Å²) in [4.78, 5) is 4.72. The van der Waals surface area contributed by atoms with E-state index in [1.54, 1.807) is 0 Å². The molecule has 1 saturated heterocycles. The van der Waals surface area contributed by atoms with E-state index < -0.39 is 0 Å². The molecule has 0 bridgehead atoms. The minimum atomic E-state index is -0.119. The smallest absolute Gasteiger partial charge is 0.0541 e. The van der Waals surface area contributed by atoms with E-state index in [4.69, 9.17) is 0 Å². The molecule has 0 saturated carbocycles. The summed E-state index contributed by atoms with van der Waals surface area (Å²) >= 11 is 0. The zero-order valence-electron chi connectivity index (χ0n) is 9.74. The van der Waals surface area contributed by atoms with Crippen LogP contribution in [0.15, 0.2) is 0 Å². The molecule has 1 unspecified atom stereocenters. The van der Waals surface area contributed by atoms with Gasteiger partial charge in [0.25, 0.3) is 0 Å². The van der Waals surface area contributed by atoms with Gasteiger partial charge in [-0.25, -0.2) is 0 Å². The molecule has 3 nitrogen and oxygen atoms in total. The van der Waals surface area contributed by atoms with Crippen molar-refractivity contribution in [1.82, 2.24) is 9.80 Å². The topological polar surface area (TPSA) is 26.7 Å². The summed E-state index contributed by atoms with van der Waals surface area (Å²) in [7, 11) is 4.23. The fourth-order valence-corrected chi connectivity index (χ4v) is 2.00. The maximum Gasteiger partial charge on any atom is 0.0541 e. The second-order valence-electron chi connectivity index (χ2n) is 4.72. The zero-order chi connectivity index (χ0) is 10.6. The first-order valence-electron chi connectivity index (χ1n) is 5.64. The largest absolute Gasteiger partial charge is 0.393 e. The Kier molecular flexibility index (Phi) is 4.85. The molecule has 0 aromatic carbocycles. The molecule has 1 fully saturated rings. The molecular weight excluding hydrogens is 176 g/mol. The Hall–Kier alpha value is -0.120. The summed E-state index contributed by atoms with van der Waals surface area (Å²) in [6, 6.07) is 0. The molecule has 0 aromatic rings. The number of rotatable bonds is 4. The molecule has 0 aromatic heterocycles. The van der Waals surface area contributed by atoms with E-state index in [9.17, 15) is 5.11 Å². The Morgan fingerprint density at radius 3 is 2.36 bits per heavy atom. The zero-order valence-corrected chi connectivity index (χ0v) is 9.74. The van der Waals surface area contributed by atoms with E-state index in [1.165, 1.54) is 6.54 Å². The van der Waals surface area contributed by atoms with Gasteiger partial charge in [-0.3, -0.25) is 0 Å². The highest BCUT2D eigenvalue weighted by Gasteiger charge is 2.21. The molecule has 1 N–H and O–H groups in total. The fraction of sp³-hybridized carbons (Fsp3) is 1.00. The van der Waals surface area contributed by atoms with Crippen LogP contribution in [0.3, 0.4) is 0 Å².